The average Bonchev–Trinajstić information content (AvgIpc) is 3.09. The maximum atomic E-state index is 13.0. The number of carbonyl (C=O) groups excluding carboxylic acids is 3. The summed E-state index contributed by atoms with van der Waals surface area (Å²) in [5.74, 6) is 0.548. The summed E-state index contributed by atoms with van der Waals surface area (Å²) in [4.78, 5) is 38.7. The number of nitrogens with one attached hydrogen (secondary N) is 2. The minimum Gasteiger partial charge on any atom is -0.493 e. The van der Waals surface area contributed by atoms with Crippen LogP contribution in [0.4, 0.5) is 5.69 Å². The van der Waals surface area contributed by atoms with Crippen LogP contribution in [0.2, 0.25) is 5.02 Å². The fraction of sp³-hybridized carbons (Fsp3) is 0.200. The molecule has 0 atom stereocenters. The fourth-order valence-electron chi connectivity index (χ4n) is 4.40. The van der Waals surface area contributed by atoms with Crippen LogP contribution in [-0.2, 0) is 0 Å². The summed E-state index contributed by atoms with van der Waals surface area (Å²) in [6.45, 7) is 4.51. The maximum Gasteiger partial charge on any atom is 0.343 e. The Morgan fingerprint density at radius 3 is 1.92 bits per heavy atom. The van der Waals surface area contributed by atoms with E-state index in [9.17, 15) is 14.4 Å². The number of esters is 1. The molecule has 0 saturated heterocycles. The van der Waals surface area contributed by atoms with E-state index in [0.29, 0.717) is 58.2 Å². The summed E-state index contributed by atoms with van der Waals surface area (Å²) in [6, 6.07) is 18.6. The Labute approximate surface area is 282 Å². The lowest BCUT2D eigenvalue weighted by Gasteiger charge is -2.14. The summed E-state index contributed by atoms with van der Waals surface area (Å²) in [6.07, 6.45) is 1.31. The van der Waals surface area contributed by atoms with Gasteiger partial charge in [-0.2, -0.15) is 5.10 Å². The molecule has 0 aliphatic heterocycles. The Hall–Kier alpha value is -5.75. The van der Waals surface area contributed by atoms with E-state index in [1.807, 2.05) is 13.8 Å². The summed E-state index contributed by atoms with van der Waals surface area (Å²) in [5.41, 5.74) is 4.02. The third kappa shape index (κ3) is 8.74. The molecule has 0 bridgehead atoms. The van der Waals surface area contributed by atoms with E-state index in [0.717, 1.165) is 0 Å². The molecule has 0 spiro atoms. The number of benzene rings is 4. The quantitative estimate of drug-likeness (QED) is 0.0672. The highest BCUT2D eigenvalue weighted by molar-refractivity contribution is 6.31. The highest BCUT2D eigenvalue weighted by atomic mass is 35.5. The number of methoxy groups -OCH3 is 3. The van der Waals surface area contributed by atoms with Crippen LogP contribution < -0.4 is 39.2 Å². The molecule has 2 N–H and O–H groups in total. The number of carbonyl (C=O) groups is 3. The highest BCUT2D eigenvalue weighted by Crippen LogP contribution is 2.38. The minimum absolute atomic E-state index is 0.168. The topological polar surface area (TPSA) is 143 Å². The number of amides is 2. The molecule has 0 radical (unpaired) electrons. The van der Waals surface area contributed by atoms with Crippen molar-refractivity contribution in [3.63, 3.8) is 0 Å². The van der Waals surface area contributed by atoms with E-state index < -0.39 is 17.8 Å². The first-order valence-electron chi connectivity index (χ1n) is 14.7. The predicted octanol–water partition coefficient (Wildman–Crippen LogP) is 6.40. The molecular formula is C35H34ClN3O9. The van der Waals surface area contributed by atoms with Gasteiger partial charge in [-0.1, -0.05) is 11.6 Å². The van der Waals surface area contributed by atoms with Gasteiger partial charge in [0.05, 0.1) is 46.3 Å². The van der Waals surface area contributed by atoms with Crippen molar-refractivity contribution in [1.29, 1.82) is 0 Å². The Morgan fingerprint density at radius 1 is 0.688 bits per heavy atom. The molecule has 0 unspecified atom stereocenters. The fourth-order valence-corrected chi connectivity index (χ4v) is 4.58. The Bertz CT molecular complexity index is 1780. The molecule has 0 aliphatic rings. The number of nitrogens with zero attached hydrogens (tertiary/aromatic N) is 1. The molecule has 0 heterocycles. The first-order chi connectivity index (χ1) is 23.2. The number of hydrogen-bond donors (Lipinski definition) is 2. The van der Waals surface area contributed by atoms with Crippen LogP contribution in [0.15, 0.2) is 77.9 Å². The standard InChI is InChI=1S/C35H34ClN3O9/c1-6-46-28-14-10-22(17-29(28)47-7-2)35(42)48-27-15-11-25(36)16-24(27)20-37-39-34(41)21-8-12-26(13-9-21)38-33(40)23-18-30(43-3)32(45-5)31(19-23)44-4/h8-20H,6-7H2,1-5H3,(H,38,40)(H,39,41)/b37-20+. The lowest BCUT2D eigenvalue weighted by molar-refractivity contribution is 0.0733. The van der Waals surface area contributed by atoms with Gasteiger partial charge in [0, 0.05) is 27.4 Å². The van der Waals surface area contributed by atoms with Gasteiger partial charge in [0.15, 0.2) is 23.0 Å². The highest BCUT2D eigenvalue weighted by Gasteiger charge is 2.18. The Balaban J connectivity index is 1.41. The van der Waals surface area contributed by atoms with Crippen LogP contribution in [-0.4, -0.2) is 58.5 Å². The zero-order valence-corrected chi connectivity index (χ0v) is 27.7. The van der Waals surface area contributed by atoms with Crippen molar-refractivity contribution in [2.45, 2.75) is 13.8 Å². The smallest absolute Gasteiger partial charge is 0.343 e. The van der Waals surface area contributed by atoms with Gasteiger partial charge in [0.25, 0.3) is 11.8 Å². The zero-order chi connectivity index (χ0) is 34.6. The molecule has 0 aromatic heterocycles. The van der Waals surface area contributed by atoms with Crippen molar-refractivity contribution < 1.29 is 42.8 Å². The van der Waals surface area contributed by atoms with Crippen LogP contribution >= 0.6 is 11.6 Å². The van der Waals surface area contributed by atoms with Crippen molar-refractivity contribution >= 4 is 41.3 Å². The van der Waals surface area contributed by atoms with E-state index in [4.69, 9.17) is 40.0 Å². The number of rotatable bonds is 14. The lowest BCUT2D eigenvalue weighted by Crippen LogP contribution is -2.18. The third-order valence-corrected chi connectivity index (χ3v) is 6.89. The van der Waals surface area contributed by atoms with Crippen LogP contribution in [0.1, 0.15) is 50.5 Å². The van der Waals surface area contributed by atoms with Gasteiger partial charge in [0.1, 0.15) is 5.75 Å². The Morgan fingerprint density at radius 2 is 1.29 bits per heavy atom. The molecule has 4 rings (SSSR count). The summed E-state index contributed by atoms with van der Waals surface area (Å²) in [5, 5.41) is 7.15. The van der Waals surface area contributed by atoms with Crippen molar-refractivity contribution in [2.24, 2.45) is 5.10 Å². The number of hydrogen-bond acceptors (Lipinski definition) is 10. The number of anilines is 1. The van der Waals surface area contributed by atoms with Gasteiger partial charge in [0.2, 0.25) is 5.75 Å². The molecule has 12 nitrogen and oxygen atoms in total. The monoisotopic (exact) mass is 675 g/mol. The van der Waals surface area contributed by atoms with Gasteiger partial charge in [-0.05, 0) is 86.6 Å². The molecule has 4 aromatic carbocycles. The minimum atomic E-state index is -0.641. The Kier molecular flexibility index (Phi) is 12.2. The first-order valence-corrected chi connectivity index (χ1v) is 15.0. The van der Waals surface area contributed by atoms with Crippen LogP contribution in [0.25, 0.3) is 0 Å². The molecule has 250 valence electrons. The van der Waals surface area contributed by atoms with E-state index in [1.165, 1.54) is 63.9 Å². The predicted molar refractivity (Wildman–Crippen MR) is 181 cm³/mol. The van der Waals surface area contributed by atoms with Crippen molar-refractivity contribution in [3.8, 4) is 34.5 Å². The molecule has 48 heavy (non-hydrogen) atoms. The van der Waals surface area contributed by atoms with E-state index >= 15 is 0 Å². The zero-order valence-electron chi connectivity index (χ0n) is 26.9. The molecular weight excluding hydrogens is 642 g/mol. The largest absolute Gasteiger partial charge is 0.493 e. The van der Waals surface area contributed by atoms with Gasteiger partial charge >= 0.3 is 5.97 Å². The summed E-state index contributed by atoms with van der Waals surface area (Å²) >= 11 is 6.18. The van der Waals surface area contributed by atoms with E-state index in [1.54, 1.807) is 36.4 Å². The number of ether oxygens (including phenoxy) is 6. The van der Waals surface area contributed by atoms with Crippen LogP contribution in [0.5, 0.6) is 34.5 Å². The molecule has 4 aromatic rings. The first kappa shape index (κ1) is 35.1. The van der Waals surface area contributed by atoms with Crippen molar-refractivity contribution in [1.82, 2.24) is 5.43 Å². The molecule has 13 heteroatoms. The molecule has 0 fully saturated rings. The SMILES string of the molecule is CCOc1ccc(C(=O)Oc2ccc(Cl)cc2/C=N/NC(=O)c2ccc(NC(=O)c3cc(OC)c(OC)c(OC)c3)cc2)cc1OCC. The second-order valence-electron chi connectivity index (χ2n) is 9.74. The van der Waals surface area contributed by atoms with E-state index in [2.05, 4.69) is 15.8 Å². The van der Waals surface area contributed by atoms with Gasteiger partial charge in [-0.25, -0.2) is 10.2 Å². The van der Waals surface area contributed by atoms with Gasteiger partial charge in [-0.15, -0.1) is 0 Å². The van der Waals surface area contributed by atoms with Crippen LogP contribution in [0, 0.1) is 0 Å². The van der Waals surface area contributed by atoms with Crippen LogP contribution in [0.3, 0.4) is 0 Å². The summed E-state index contributed by atoms with van der Waals surface area (Å²) < 4.78 is 32.7. The molecule has 0 saturated carbocycles. The molecule has 0 aliphatic carbocycles. The van der Waals surface area contributed by atoms with E-state index in [-0.39, 0.29) is 22.4 Å². The van der Waals surface area contributed by atoms with Gasteiger partial charge < -0.3 is 33.7 Å². The number of halogens is 1. The third-order valence-electron chi connectivity index (χ3n) is 6.66. The van der Waals surface area contributed by atoms with Gasteiger partial charge in [-0.3, -0.25) is 9.59 Å². The van der Waals surface area contributed by atoms with Crippen molar-refractivity contribution in [2.75, 3.05) is 39.9 Å². The number of hydrazone groups is 1. The second-order valence-corrected chi connectivity index (χ2v) is 10.2. The van der Waals surface area contributed by atoms with Crippen molar-refractivity contribution in [3.05, 3.63) is 100 Å². The second kappa shape index (κ2) is 16.7. The molecule has 2 amide bonds. The average molecular weight is 676 g/mol. The lowest BCUT2D eigenvalue weighted by atomic mass is 10.1. The normalized spacial score (nSPS) is 10.6. The maximum absolute atomic E-state index is 13.0. The summed E-state index contributed by atoms with van der Waals surface area (Å²) in [7, 11) is 4.39.